The molecule has 0 unspecified atom stereocenters. The quantitative estimate of drug-likeness (QED) is 0.839. The van der Waals surface area contributed by atoms with Crippen molar-refractivity contribution in [2.45, 2.75) is 13.0 Å². The van der Waals surface area contributed by atoms with Gasteiger partial charge in [0.1, 0.15) is 6.04 Å². The zero-order chi connectivity index (χ0) is 13.8. The molecule has 0 radical (unpaired) electrons. The molecule has 0 aliphatic carbocycles. The molecule has 19 heavy (non-hydrogen) atoms. The van der Waals surface area contributed by atoms with Gasteiger partial charge in [-0.1, -0.05) is 18.2 Å². The van der Waals surface area contributed by atoms with Crippen LogP contribution in [0.5, 0.6) is 0 Å². The molecule has 0 aliphatic heterocycles. The summed E-state index contributed by atoms with van der Waals surface area (Å²) in [5, 5.41) is 3.17. The molecular weight excluding hydrogens is 242 g/mol. The van der Waals surface area contributed by atoms with Gasteiger partial charge in [-0.25, -0.2) is 4.98 Å². The van der Waals surface area contributed by atoms with Gasteiger partial charge >= 0.3 is 0 Å². The third-order valence-electron chi connectivity index (χ3n) is 2.91. The number of carbonyl (C=O) groups is 1. The molecular formula is C14H15N3O2. The van der Waals surface area contributed by atoms with Crippen LogP contribution in [-0.4, -0.2) is 22.0 Å². The first-order valence-corrected chi connectivity index (χ1v) is 5.99. The zero-order valence-corrected chi connectivity index (χ0v) is 10.7. The lowest BCUT2D eigenvalue weighted by Gasteiger charge is -2.14. The predicted molar refractivity (Wildman–Crippen MR) is 73.9 cm³/mol. The molecule has 1 N–H and O–H groups in total. The fourth-order valence-corrected chi connectivity index (χ4v) is 1.81. The molecule has 1 amide bonds. The van der Waals surface area contributed by atoms with Crippen molar-refractivity contribution >= 4 is 16.8 Å². The minimum absolute atomic E-state index is 0.216. The summed E-state index contributed by atoms with van der Waals surface area (Å²) >= 11 is 0. The van der Waals surface area contributed by atoms with Crippen molar-refractivity contribution < 1.29 is 4.79 Å². The molecule has 1 aromatic heterocycles. The van der Waals surface area contributed by atoms with Crippen molar-refractivity contribution in [1.82, 2.24) is 14.9 Å². The van der Waals surface area contributed by atoms with Crippen molar-refractivity contribution in [3.8, 4) is 0 Å². The minimum atomic E-state index is -0.607. The second-order valence-electron chi connectivity index (χ2n) is 4.18. The maximum absolute atomic E-state index is 12.3. The number of para-hydroxylation sites is 1. The molecule has 98 valence electrons. The number of hydrogen-bond acceptors (Lipinski definition) is 3. The number of rotatable bonds is 4. The van der Waals surface area contributed by atoms with E-state index in [9.17, 15) is 9.59 Å². The Balaban J connectivity index is 2.40. The number of benzene rings is 1. The van der Waals surface area contributed by atoms with E-state index in [0.717, 1.165) is 0 Å². The zero-order valence-electron chi connectivity index (χ0n) is 10.7. The van der Waals surface area contributed by atoms with Crippen molar-refractivity contribution in [1.29, 1.82) is 0 Å². The number of nitrogens with zero attached hydrogens (tertiary/aromatic N) is 2. The normalized spacial score (nSPS) is 12.1. The summed E-state index contributed by atoms with van der Waals surface area (Å²) in [5.74, 6) is -0.237. The summed E-state index contributed by atoms with van der Waals surface area (Å²) in [6, 6.07) is 6.46. The van der Waals surface area contributed by atoms with Crippen LogP contribution in [0.25, 0.3) is 10.9 Å². The SMILES string of the molecule is C=CCNC(=O)[C@@H](C)n1cnc2ccccc2c1=O. The van der Waals surface area contributed by atoms with Crippen molar-refractivity contribution in [3.63, 3.8) is 0 Å². The third kappa shape index (κ3) is 2.54. The molecule has 0 saturated heterocycles. The van der Waals surface area contributed by atoms with Gasteiger partial charge in [0.15, 0.2) is 0 Å². The summed E-state index contributed by atoms with van der Waals surface area (Å²) in [5.41, 5.74) is 0.411. The molecule has 2 aromatic rings. The van der Waals surface area contributed by atoms with E-state index < -0.39 is 6.04 Å². The van der Waals surface area contributed by atoms with E-state index in [1.54, 1.807) is 31.2 Å². The molecule has 1 heterocycles. The highest BCUT2D eigenvalue weighted by Gasteiger charge is 2.16. The molecule has 0 spiro atoms. The van der Waals surface area contributed by atoms with Gasteiger partial charge < -0.3 is 5.32 Å². The van der Waals surface area contributed by atoms with Gasteiger partial charge in [0.05, 0.1) is 17.2 Å². The monoisotopic (exact) mass is 257 g/mol. The molecule has 5 nitrogen and oxygen atoms in total. The summed E-state index contributed by atoms with van der Waals surface area (Å²) in [6.45, 7) is 5.56. The van der Waals surface area contributed by atoms with Crippen molar-refractivity contribution in [2.24, 2.45) is 0 Å². The topological polar surface area (TPSA) is 64.0 Å². The highest BCUT2D eigenvalue weighted by atomic mass is 16.2. The molecule has 0 aliphatic rings. The fraction of sp³-hybridized carbons (Fsp3) is 0.214. The van der Waals surface area contributed by atoms with Crippen LogP contribution in [0.2, 0.25) is 0 Å². The molecule has 5 heteroatoms. The molecule has 0 saturated carbocycles. The number of nitrogens with one attached hydrogen (secondary N) is 1. The van der Waals surface area contributed by atoms with Gasteiger partial charge in [-0.05, 0) is 19.1 Å². The van der Waals surface area contributed by atoms with E-state index in [1.807, 2.05) is 6.07 Å². The Bertz CT molecular complexity index is 676. The summed E-state index contributed by atoms with van der Waals surface area (Å²) in [7, 11) is 0. The lowest BCUT2D eigenvalue weighted by Crippen LogP contribution is -2.35. The minimum Gasteiger partial charge on any atom is -0.351 e. The predicted octanol–water partition coefficient (Wildman–Crippen LogP) is 1.26. The molecule has 2 rings (SSSR count). The number of aromatic nitrogens is 2. The van der Waals surface area contributed by atoms with Gasteiger partial charge in [0.25, 0.3) is 5.56 Å². The van der Waals surface area contributed by atoms with E-state index in [-0.39, 0.29) is 11.5 Å². The van der Waals surface area contributed by atoms with Crippen LogP contribution in [0.4, 0.5) is 0 Å². The Morgan fingerprint density at radius 3 is 3.00 bits per heavy atom. The fourth-order valence-electron chi connectivity index (χ4n) is 1.81. The lowest BCUT2D eigenvalue weighted by molar-refractivity contribution is -0.123. The first kappa shape index (κ1) is 13.0. The largest absolute Gasteiger partial charge is 0.351 e. The van der Waals surface area contributed by atoms with Gasteiger partial charge in [0.2, 0.25) is 5.91 Å². The van der Waals surface area contributed by atoms with Crippen LogP contribution in [0.3, 0.4) is 0 Å². The lowest BCUT2D eigenvalue weighted by atomic mass is 10.2. The second kappa shape index (κ2) is 5.48. The Hall–Kier alpha value is -2.43. The summed E-state index contributed by atoms with van der Waals surface area (Å²) in [4.78, 5) is 28.3. The number of carbonyl (C=O) groups excluding carboxylic acids is 1. The highest BCUT2D eigenvalue weighted by Crippen LogP contribution is 2.08. The number of hydrogen-bond donors (Lipinski definition) is 1. The van der Waals surface area contributed by atoms with E-state index in [4.69, 9.17) is 0 Å². The third-order valence-corrected chi connectivity index (χ3v) is 2.91. The van der Waals surface area contributed by atoms with Crippen LogP contribution in [-0.2, 0) is 4.79 Å². The first-order chi connectivity index (χ1) is 9.15. The Kier molecular flexibility index (Phi) is 3.75. The second-order valence-corrected chi connectivity index (χ2v) is 4.18. The van der Waals surface area contributed by atoms with Gasteiger partial charge in [-0.2, -0.15) is 0 Å². The van der Waals surface area contributed by atoms with Crippen LogP contribution >= 0.6 is 0 Å². The van der Waals surface area contributed by atoms with Crippen LogP contribution < -0.4 is 10.9 Å². The van der Waals surface area contributed by atoms with E-state index in [0.29, 0.717) is 17.4 Å². The first-order valence-electron chi connectivity index (χ1n) is 5.99. The average Bonchev–Trinajstić information content (AvgIpc) is 2.44. The number of fused-ring (bicyclic) bond motifs is 1. The van der Waals surface area contributed by atoms with Crippen LogP contribution in [0.1, 0.15) is 13.0 Å². The van der Waals surface area contributed by atoms with Crippen molar-refractivity contribution in [2.75, 3.05) is 6.54 Å². The maximum atomic E-state index is 12.3. The van der Waals surface area contributed by atoms with Crippen LogP contribution in [0.15, 0.2) is 48.0 Å². The van der Waals surface area contributed by atoms with Crippen LogP contribution in [0, 0.1) is 0 Å². The molecule has 0 bridgehead atoms. The van der Waals surface area contributed by atoms with E-state index in [2.05, 4.69) is 16.9 Å². The average molecular weight is 257 g/mol. The smallest absolute Gasteiger partial charge is 0.261 e. The van der Waals surface area contributed by atoms with Crippen molar-refractivity contribution in [3.05, 3.63) is 53.6 Å². The summed E-state index contributed by atoms with van der Waals surface area (Å²) in [6.07, 6.45) is 2.99. The highest BCUT2D eigenvalue weighted by molar-refractivity contribution is 5.81. The molecule has 0 fully saturated rings. The van der Waals surface area contributed by atoms with Gasteiger partial charge in [-0.3, -0.25) is 14.2 Å². The standard InChI is InChI=1S/C14H15N3O2/c1-3-8-15-13(18)10(2)17-9-16-12-7-5-4-6-11(12)14(17)19/h3-7,9-10H,1,8H2,2H3,(H,15,18)/t10-/m1/s1. The molecule has 1 aromatic carbocycles. The van der Waals surface area contributed by atoms with Gasteiger partial charge in [0, 0.05) is 6.54 Å². The Labute approximate surface area is 110 Å². The van der Waals surface area contributed by atoms with E-state index >= 15 is 0 Å². The maximum Gasteiger partial charge on any atom is 0.261 e. The Morgan fingerprint density at radius 2 is 2.26 bits per heavy atom. The number of amides is 1. The summed E-state index contributed by atoms with van der Waals surface area (Å²) < 4.78 is 1.33. The van der Waals surface area contributed by atoms with Gasteiger partial charge in [-0.15, -0.1) is 6.58 Å². The Morgan fingerprint density at radius 1 is 1.53 bits per heavy atom. The molecule has 1 atom stereocenters. The van der Waals surface area contributed by atoms with E-state index in [1.165, 1.54) is 10.9 Å².